The lowest BCUT2D eigenvalue weighted by atomic mass is 9.77. The Kier molecular flexibility index (Phi) is 6.29. The summed E-state index contributed by atoms with van der Waals surface area (Å²) in [6.07, 6.45) is 1.00. The van der Waals surface area contributed by atoms with Crippen molar-refractivity contribution < 1.29 is 9.16 Å². The number of hydrogen-bond acceptors (Lipinski definition) is 2. The minimum Gasteiger partial charge on any atom is -0.463 e. The minimum absolute atomic E-state index is 0.132. The van der Waals surface area contributed by atoms with Crippen LogP contribution in [-0.2, 0) is 10.8 Å². The lowest BCUT2D eigenvalue weighted by Gasteiger charge is -2.42. The van der Waals surface area contributed by atoms with Crippen LogP contribution < -0.4 is 4.74 Å². The van der Waals surface area contributed by atoms with Crippen molar-refractivity contribution in [2.75, 3.05) is 5.33 Å². The normalized spacial score (nSPS) is 16.7. The van der Waals surface area contributed by atoms with Gasteiger partial charge in [0.2, 0.25) is 5.79 Å². The predicted octanol–water partition coefficient (Wildman–Crippen LogP) is 3.70. The smallest absolute Gasteiger partial charge is 0.200 e. The van der Waals surface area contributed by atoms with Crippen LogP contribution in [0.3, 0.4) is 0 Å². The second-order valence-electron chi connectivity index (χ2n) is 6.50. The van der Waals surface area contributed by atoms with E-state index in [9.17, 15) is 0 Å². The Balaban J connectivity index is 2.95. The zero-order chi connectivity index (χ0) is 15.4. The summed E-state index contributed by atoms with van der Waals surface area (Å²) in [5.41, 5.74) is 1.41. The molecule has 114 valence electrons. The fourth-order valence-electron chi connectivity index (χ4n) is 2.20. The molecule has 0 aliphatic carbocycles. The molecule has 0 fully saturated rings. The molecule has 0 aliphatic rings. The second kappa shape index (κ2) is 7.10. The van der Waals surface area contributed by atoms with Crippen LogP contribution in [0.2, 0.25) is 0 Å². The first-order chi connectivity index (χ1) is 9.23. The summed E-state index contributed by atoms with van der Waals surface area (Å²) >= 11 is 3.48. The van der Waals surface area contributed by atoms with Gasteiger partial charge in [-0.1, -0.05) is 55.8 Å². The van der Waals surface area contributed by atoms with Gasteiger partial charge in [0, 0.05) is 18.2 Å². The first-order valence-electron chi connectivity index (χ1n) is 7.12. The summed E-state index contributed by atoms with van der Waals surface area (Å²) in [5.74, 6) is 0.600. The molecule has 2 atom stereocenters. The molecular formula is C16H27BrO2Si. The number of alkyl halides is 1. The van der Waals surface area contributed by atoms with Gasteiger partial charge in [0.25, 0.3) is 0 Å². The third-order valence-corrected chi connectivity index (χ3v) is 5.30. The Bertz CT molecular complexity index is 431. The molecule has 0 spiro atoms. The highest BCUT2D eigenvalue weighted by atomic mass is 79.9. The van der Waals surface area contributed by atoms with E-state index >= 15 is 0 Å². The lowest BCUT2D eigenvalue weighted by molar-refractivity contribution is -0.160. The van der Waals surface area contributed by atoms with Gasteiger partial charge in [0.05, 0.1) is 0 Å². The van der Waals surface area contributed by atoms with E-state index in [1.165, 1.54) is 5.56 Å². The van der Waals surface area contributed by atoms with Crippen LogP contribution >= 0.6 is 15.9 Å². The molecule has 0 N–H and O–H groups in total. The van der Waals surface area contributed by atoms with Gasteiger partial charge in [0.1, 0.15) is 5.75 Å². The summed E-state index contributed by atoms with van der Waals surface area (Å²) < 4.78 is 12.1. The summed E-state index contributed by atoms with van der Waals surface area (Å²) in [7, 11) is 0.656. The lowest BCUT2D eigenvalue weighted by Crippen LogP contribution is -2.47. The highest BCUT2D eigenvalue weighted by molar-refractivity contribution is 9.09. The van der Waals surface area contributed by atoms with Crippen molar-refractivity contribution in [2.24, 2.45) is 11.3 Å². The quantitative estimate of drug-likeness (QED) is 0.438. The van der Waals surface area contributed by atoms with E-state index in [1.54, 1.807) is 0 Å². The molecule has 0 heterocycles. The Morgan fingerprint density at radius 2 is 1.90 bits per heavy atom. The van der Waals surface area contributed by atoms with E-state index in [1.807, 2.05) is 19.1 Å². The first kappa shape index (κ1) is 17.7. The second-order valence-corrected chi connectivity index (χ2v) is 7.70. The van der Waals surface area contributed by atoms with E-state index in [0.717, 1.165) is 17.5 Å². The molecule has 4 heteroatoms. The molecule has 0 radical (unpaired) electrons. The minimum atomic E-state index is -0.572. The van der Waals surface area contributed by atoms with Crippen molar-refractivity contribution in [3.05, 3.63) is 29.8 Å². The van der Waals surface area contributed by atoms with E-state index < -0.39 is 5.79 Å². The van der Waals surface area contributed by atoms with Crippen LogP contribution in [0.5, 0.6) is 5.75 Å². The maximum absolute atomic E-state index is 6.22. The van der Waals surface area contributed by atoms with Crippen LogP contribution in [0, 0.1) is 11.3 Å². The third kappa shape index (κ3) is 4.60. The highest BCUT2D eigenvalue weighted by Crippen LogP contribution is 2.37. The summed E-state index contributed by atoms with van der Waals surface area (Å²) in [6, 6.07) is 8.28. The fourth-order valence-corrected chi connectivity index (χ4v) is 3.10. The SMILES string of the molecule is CC(C(C)(C)C)C(C)(O[SiH3])Oc1cccc(CCBr)c1. The zero-order valence-electron chi connectivity index (χ0n) is 13.5. The Labute approximate surface area is 134 Å². The molecule has 20 heavy (non-hydrogen) atoms. The van der Waals surface area contributed by atoms with Gasteiger partial charge in [-0.3, -0.25) is 0 Å². The number of ether oxygens (including phenoxy) is 1. The molecule has 0 bridgehead atoms. The molecule has 2 nitrogen and oxygen atoms in total. The molecule has 2 unspecified atom stereocenters. The third-order valence-electron chi connectivity index (χ3n) is 4.09. The molecule has 0 saturated heterocycles. The summed E-state index contributed by atoms with van der Waals surface area (Å²) in [4.78, 5) is 0. The predicted molar refractivity (Wildman–Crippen MR) is 92.6 cm³/mol. The Hall–Kier alpha value is -0.323. The molecular weight excluding hydrogens is 332 g/mol. The molecule has 1 aromatic carbocycles. The zero-order valence-corrected chi connectivity index (χ0v) is 17.1. The standard InChI is InChI=1S/C16H27BrO2Si/c1-12(15(2,3)4)16(5,19-20)18-14-8-6-7-13(11-14)9-10-17/h6-8,11-12H,9-10H2,1-5,20H3. The highest BCUT2D eigenvalue weighted by Gasteiger charge is 2.40. The fraction of sp³-hybridized carbons (Fsp3) is 0.625. The number of rotatable bonds is 6. The summed E-state index contributed by atoms with van der Waals surface area (Å²) in [6.45, 7) is 10.9. The van der Waals surface area contributed by atoms with Crippen molar-refractivity contribution in [1.82, 2.24) is 0 Å². The average Bonchev–Trinajstić information content (AvgIpc) is 2.37. The van der Waals surface area contributed by atoms with Crippen molar-refractivity contribution in [3.63, 3.8) is 0 Å². The number of hydrogen-bond donors (Lipinski definition) is 0. The van der Waals surface area contributed by atoms with Crippen LogP contribution in [0.15, 0.2) is 24.3 Å². The van der Waals surface area contributed by atoms with E-state index in [4.69, 9.17) is 9.16 Å². The van der Waals surface area contributed by atoms with Gasteiger partial charge in [-0.25, -0.2) is 0 Å². The van der Waals surface area contributed by atoms with Crippen molar-refractivity contribution >= 4 is 26.4 Å². The van der Waals surface area contributed by atoms with Crippen LogP contribution in [0.4, 0.5) is 0 Å². The maximum atomic E-state index is 6.22. The maximum Gasteiger partial charge on any atom is 0.200 e. The van der Waals surface area contributed by atoms with Crippen LogP contribution in [0.25, 0.3) is 0 Å². The largest absolute Gasteiger partial charge is 0.463 e. The van der Waals surface area contributed by atoms with Crippen molar-refractivity contribution in [1.29, 1.82) is 0 Å². The molecule has 1 aromatic rings. The molecule has 0 aliphatic heterocycles. The molecule has 0 aromatic heterocycles. The van der Waals surface area contributed by atoms with Gasteiger partial charge in [-0.15, -0.1) is 0 Å². The van der Waals surface area contributed by atoms with Gasteiger partial charge in [-0.2, -0.15) is 0 Å². The van der Waals surface area contributed by atoms with Crippen LogP contribution in [-0.4, -0.2) is 21.6 Å². The number of aryl methyl sites for hydroxylation is 1. The van der Waals surface area contributed by atoms with Gasteiger partial charge >= 0.3 is 0 Å². The van der Waals surface area contributed by atoms with Gasteiger partial charge in [-0.05, 0) is 29.5 Å². The molecule has 0 amide bonds. The monoisotopic (exact) mass is 358 g/mol. The van der Waals surface area contributed by atoms with Gasteiger partial charge < -0.3 is 9.16 Å². The van der Waals surface area contributed by atoms with Crippen molar-refractivity contribution in [2.45, 2.75) is 46.8 Å². The van der Waals surface area contributed by atoms with Gasteiger partial charge in [0.15, 0.2) is 10.5 Å². The van der Waals surface area contributed by atoms with E-state index in [-0.39, 0.29) is 11.3 Å². The first-order valence-corrected chi connectivity index (χ1v) is 9.06. The summed E-state index contributed by atoms with van der Waals surface area (Å²) in [5, 5.41) is 0.962. The van der Waals surface area contributed by atoms with E-state index in [2.05, 4.69) is 55.8 Å². The van der Waals surface area contributed by atoms with Crippen molar-refractivity contribution in [3.8, 4) is 5.75 Å². The van der Waals surface area contributed by atoms with Crippen LogP contribution in [0.1, 0.15) is 40.2 Å². The topological polar surface area (TPSA) is 18.5 Å². The average molecular weight is 359 g/mol. The number of benzene rings is 1. The van der Waals surface area contributed by atoms with E-state index in [0.29, 0.717) is 10.5 Å². The Morgan fingerprint density at radius 3 is 2.40 bits per heavy atom. The molecule has 1 rings (SSSR count). The number of halogens is 1. The molecule has 0 saturated carbocycles. The Morgan fingerprint density at radius 1 is 1.25 bits per heavy atom.